The molecule has 0 aliphatic heterocycles. The first-order valence-corrected chi connectivity index (χ1v) is 8.27. The maximum absolute atomic E-state index is 5.51. The Morgan fingerprint density at radius 1 is 0.808 bits per heavy atom. The van der Waals surface area contributed by atoms with Crippen LogP contribution in [0.5, 0.6) is 28.7 Å². The van der Waals surface area contributed by atoms with Crippen molar-refractivity contribution < 1.29 is 23.7 Å². The molecule has 0 saturated heterocycles. The first-order valence-electron chi connectivity index (χ1n) is 7.87. The smallest absolute Gasteiger partial charge is 0.203 e. The number of nitrogens with one attached hydrogen (secondary N) is 1. The quantitative estimate of drug-likeness (QED) is 0.709. The van der Waals surface area contributed by atoms with Crippen LogP contribution in [0.3, 0.4) is 0 Å². The first-order chi connectivity index (χ1) is 12.6. The monoisotopic (exact) mass is 377 g/mol. The predicted octanol–water partition coefficient (Wildman–Crippen LogP) is 3.19. The molecule has 1 N–H and O–H groups in total. The van der Waals surface area contributed by atoms with Crippen LogP contribution in [-0.2, 0) is 6.54 Å². The van der Waals surface area contributed by atoms with Gasteiger partial charge in [0.2, 0.25) is 5.75 Å². The van der Waals surface area contributed by atoms with E-state index in [1.54, 1.807) is 35.5 Å². The number of hydrogen-bond acceptors (Lipinski definition) is 6. The lowest BCUT2D eigenvalue weighted by atomic mass is 10.1. The lowest BCUT2D eigenvalue weighted by molar-refractivity contribution is 0.324. The van der Waals surface area contributed by atoms with Gasteiger partial charge < -0.3 is 29.0 Å². The largest absolute Gasteiger partial charge is 0.497 e. The Balaban J connectivity index is 2.20. The molecule has 0 fully saturated rings. The standard InChI is InChI=1S/C19H23NO5S/c1-21-14-7-6-12(15(10-14)22-2)11-20-19(26)13-8-16(23-3)18(25-5)17(9-13)24-4/h6-10H,11H2,1-5H3,(H,20,26). The van der Waals surface area contributed by atoms with Gasteiger partial charge in [0.15, 0.2) is 11.5 Å². The summed E-state index contributed by atoms with van der Waals surface area (Å²) in [6.07, 6.45) is 0. The van der Waals surface area contributed by atoms with Gasteiger partial charge in [-0.3, -0.25) is 0 Å². The highest BCUT2D eigenvalue weighted by molar-refractivity contribution is 7.80. The summed E-state index contributed by atoms with van der Waals surface area (Å²) in [6.45, 7) is 0.503. The van der Waals surface area contributed by atoms with Gasteiger partial charge in [0.25, 0.3) is 0 Å². The molecule has 2 aromatic carbocycles. The van der Waals surface area contributed by atoms with E-state index in [0.29, 0.717) is 28.8 Å². The Hall–Kier alpha value is -2.67. The molecular weight excluding hydrogens is 354 g/mol. The minimum absolute atomic E-state index is 0.503. The van der Waals surface area contributed by atoms with Crippen LogP contribution in [-0.4, -0.2) is 40.5 Å². The fourth-order valence-electron chi connectivity index (χ4n) is 2.49. The van der Waals surface area contributed by atoms with Crippen LogP contribution in [0.25, 0.3) is 0 Å². The van der Waals surface area contributed by atoms with E-state index in [9.17, 15) is 0 Å². The lowest BCUT2D eigenvalue weighted by Crippen LogP contribution is -2.22. The molecule has 140 valence electrons. The second-order valence-electron chi connectivity index (χ2n) is 5.27. The SMILES string of the molecule is COc1ccc(CNC(=S)c2cc(OC)c(OC)c(OC)c2)c(OC)c1. The molecule has 6 nitrogen and oxygen atoms in total. The van der Waals surface area contributed by atoms with Gasteiger partial charge in [-0.15, -0.1) is 0 Å². The summed E-state index contributed by atoms with van der Waals surface area (Å²) >= 11 is 5.51. The van der Waals surface area contributed by atoms with Gasteiger partial charge in [-0.1, -0.05) is 12.2 Å². The minimum atomic E-state index is 0.503. The molecule has 0 heterocycles. The van der Waals surface area contributed by atoms with Crippen molar-refractivity contribution >= 4 is 17.2 Å². The van der Waals surface area contributed by atoms with Gasteiger partial charge in [-0.2, -0.15) is 0 Å². The first kappa shape index (κ1) is 19.7. The third-order valence-electron chi connectivity index (χ3n) is 3.86. The van der Waals surface area contributed by atoms with Crippen LogP contribution < -0.4 is 29.0 Å². The number of methoxy groups -OCH3 is 5. The molecule has 7 heteroatoms. The van der Waals surface area contributed by atoms with E-state index in [0.717, 1.165) is 22.6 Å². The van der Waals surface area contributed by atoms with Crippen molar-refractivity contribution in [2.24, 2.45) is 0 Å². The third kappa shape index (κ3) is 4.29. The maximum Gasteiger partial charge on any atom is 0.203 e. The summed E-state index contributed by atoms with van der Waals surface area (Å²) in [4.78, 5) is 0.558. The second kappa shape index (κ2) is 9.15. The van der Waals surface area contributed by atoms with Crippen molar-refractivity contribution in [2.75, 3.05) is 35.5 Å². The Bertz CT molecular complexity index is 754. The van der Waals surface area contributed by atoms with E-state index in [4.69, 9.17) is 35.9 Å². The summed E-state index contributed by atoms with van der Waals surface area (Å²) in [5.41, 5.74) is 1.73. The van der Waals surface area contributed by atoms with E-state index in [1.807, 2.05) is 30.3 Å². The Kier molecular flexibility index (Phi) is 6.91. The molecular formula is C19H23NO5S. The molecule has 2 rings (SSSR count). The molecule has 0 aromatic heterocycles. The normalized spacial score (nSPS) is 10.0. The minimum Gasteiger partial charge on any atom is -0.497 e. The zero-order valence-electron chi connectivity index (χ0n) is 15.5. The average Bonchev–Trinajstić information content (AvgIpc) is 2.70. The van der Waals surface area contributed by atoms with E-state index in [-0.39, 0.29) is 0 Å². The molecule has 0 aliphatic carbocycles. The molecule has 26 heavy (non-hydrogen) atoms. The van der Waals surface area contributed by atoms with Crippen LogP contribution in [0.2, 0.25) is 0 Å². The fraction of sp³-hybridized carbons (Fsp3) is 0.316. The van der Waals surface area contributed by atoms with E-state index < -0.39 is 0 Å². The molecule has 0 radical (unpaired) electrons. The topological polar surface area (TPSA) is 58.2 Å². The van der Waals surface area contributed by atoms with E-state index in [1.165, 1.54) is 0 Å². The summed E-state index contributed by atoms with van der Waals surface area (Å²) in [5, 5.41) is 3.23. The van der Waals surface area contributed by atoms with Crippen molar-refractivity contribution in [1.29, 1.82) is 0 Å². The highest BCUT2D eigenvalue weighted by Crippen LogP contribution is 2.38. The number of benzene rings is 2. The summed E-state index contributed by atoms with van der Waals surface area (Å²) < 4.78 is 26.7. The average molecular weight is 377 g/mol. The number of rotatable bonds is 8. The van der Waals surface area contributed by atoms with E-state index >= 15 is 0 Å². The van der Waals surface area contributed by atoms with Gasteiger partial charge in [-0.25, -0.2) is 0 Å². The summed E-state index contributed by atoms with van der Waals surface area (Å²) in [7, 11) is 7.94. The fourth-order valence-corrected chi connectivity index (χ4v) is 2.68. The molecule has 0 unspecified atom stereocenters. The van der Waals surface area contributed by atoms with Gasteiger partial charge in [0.1, 0.15) is 16.5 Å². The Morgan fingerprint density at radius 2 is 1.42 bits per heavy atom. The lowest BCUT2D eigenvalue weighted by Gasteiger charge is -2.16. The Labute approximate surface area is 159 Å². The van der Waals surface area contributed by atoms with Crippen molar-refractivity contribution in [3.8, 4) is 28.7 Å². The number of thiocarbonyl (C=S) groups is 1. The number of hydrogen-bond donors (Lipinski definition) is 1. The number of ether oxygens (including phenoxy) is 5. The third-order valence-corrected chi connectivity index (χ3v) is 4.24. The van der Waals surface area contributed by atoms with Crippen LogP contribution in [0.4, 0.5) is 0 Å². The zero-order chi connectivity index (χ0) is 19.1. The molecule has 0 atom stereocenters. The summed E-state index contributed by atoms with van der Waals surface area (Å²) in [6, 6.07) is 9.26. The molecule has 0 spiro atoms. The zero-order valence-corrected chi connectivity index (χ0v) is 16.4. The van der Waals surface area contributed by atoms with Crippen LogP contribution >= 0.6 is 12.2 Å². The van der Waals surface area contributed by atoms with Crippen LogP contribution in [0, 0.1) is 0 Å². The van der Waals surface area contributed by atoms with Crippen molar-refractivity contribution in [1.82, 2.24) is 5.32 Å². The van der Waals surface area contributed by atoms with Crippen molar-refractivity contribution in [2.45, 2.75) is 6.54 Å². The van der Waals surface area contributed by atoms with Crippen molar-refractivity contribution in [3.63, 3.8) is 0 Å². The molecule has 0 bridgehead atoms. The van der Waals surface area contributed by atoms with Crippen LogP contribution in [0.15, 0.2) is 30.3 Å². The molecule has 0 saturated carbocycles. The molecule has 0 amide bonds. The second-order valence-corrected chi connectivity index (χ2v) is 5.68. The maximum atomic E-state index is 5.51. The highest BCUT2D eigenvalue weighted by atomic mass is 32.1. The van der Waals surface area contributed by atoms with Gasteiger partial charge in [0, 0.05) is 23.7 Å². The highest BCUT2D eigenvalue weighted by Gasteiger charge is 2.15. The van der Waals surface area contributed by atoms with Crippen molar-refractivity contribution in [3.05, 3.63) is 41.5 Å². The molecule has 2 aromatic rings. The van der Waals surface area contributed by atoms with Crippen LogP contribution in [0.1, 0.15) is 11.1 Å². The summed E-state index contributed by atoms with van der Waals surface area (Å²) in [5.74, 6) is 3.08. The van der Waals surface area contributed by atoms with Gasteiger partial charge in [-0.05, 0) is 24.3 Å². The Morgan fingerprint density at radius 3 is 1.92 bits per heavy atom. The van der Waals surface area contributed by atoms with E-state index in [2.05, 4.69) is 5.32 Å². The molecule has 0 aliphatic rings. The van der Waals surface area contributed by atoms with Gasteiger partial charge >= 0.3 is 0 Å². The van der Waals surface area contributed by atoms with Gasteiger partial charge in [0.05, 0.1) is 35.5 Å². The predicted molar refractivity (Wildman–Crippen MR) is 104 cm³/mol.